The van der Waals surface area contributed by atoms with E-state index in [0.29, 0.717) is 5.92 Å². The molecule has 0 spiro atoms. The van der Waals surface area contributed by atoms with Crippen molar-refractivity contribution in [1.29, 1.82) is 0 Å². The van der Waals surface area contributed by atoms with E-state index in [1.165, 1.54) is 12.8 Å². The van der Waals surface area contributed by atoms with E-state index in [2.05, 4.69) is 41.8 Å². The molecule has 2 aromatic heterocycles. The Balaban J connectivity index is 2.10. The van der Waals surface area contributed by atoms with Crippen LogP contribution < -0.4 is 0 Å². The molecule has 0 aromatic carbocycles. The van der Waals surface area contributed by atoms with Crippen LogP contribution in [0, 0.1) is 0 Å². The number of aromatic nitrogens is 2. The van der Waals surface area contributed by atoms with Crippen molar-refractivity contribution >= 4 is 31.9 Å². The van der Waals surface area contributed by atoms with E-state index in [1.807, 2.05) is 12.1 Å². The van der Waals surface area contributed by atoms with Crippen LogP contribution in [0.1, 0.15) is 24.6 Å². The van der Waals surface area contributed by atoms with Crippen molar-refractivity contribution in [2.24, 2.45) is 0 Å². The minimum Gasteiger partial charge on any atom is -0.461 e. The van der Waals surface area contributed by atoms with Crippen LogP contribution >= 0.6 is 31.9 Å². The zero-order valence-electron chi connectivity index (χ0n) is 8.28. The van der Waals surface area contributed by atoms with Crippen molar-refractivity contribution < 1.29 is 4.42 Å². The molecule has 1 fully saturated rings. The molecule has 0 atom stereocenters. The summed E-state index contributed by atoms with van der Waals surface area (Å²) in [5, 5.41) is 0. The van der Waals surface area contributed by atoms with Crippen molar-refractivity contribution in [3.8, 4) is 11.5 Å². The Morgan fingerprint density at radius 2 is 2.06 bits per heavy atom. The first-order valence-electron chi connectivity index (χ1n) is 5.02. The molecule has 3 rings (SSSR count). The lowest BCUT2D eigenvalue weighted by Crippen LogP contribution is -1.95. The maximum atomic E-state index is 5.40. The number of rotatable bonds is 2. The Kier molecular flexibility index (Phi) is 2.59. The second-order valence-electron chi connectivity index (χ2n) is 3.81. The SMILES string of the molecule is Brc1cc(-c2occc2Br)nc(C2CC2)n1. The molecule has 1 saturated carbocycles. The summed E-state index contributed by atoms with van der Waals surface area (Å²) in [6.07, 6.45) is 4.02. The summed E-state index contributed by atoms with van der Waals surface area (Å²) in [5.41, 5.74) is 0.820. The quantitative estimate of drug-likeness (QED) is 0.769. The molecule has 3 nitrogen and oxygen atoms in total. The van der Waals surface area contributed by atoms with Crippen LogP contribution in [0.3, 0.4) is 0 Å². The van der Waals surface area contributed by atoms with Crippen LogP contribution in [0.5, 0.6) is 0 Å². The lowest BCUT2D eigenvalue weighted by Gasteiger charge is -2.02. The predicted molar refractivity (Wildman–Crippen MR) is 67.1 cm³/mol. The highest BCUT2D eigenvalue weighted by Crippen LogP contribution is 2.39. The third kappa shape index (κ3) is 1.94. The average Bonchev–Trinajstić information content (AvgIpc) is 3.01. The van der Waals surface area contributed by atoms with Crippen molar-refractivity contribution in [3.05, 3.63) is 33.3 Å². The number of hydrogen-bond donors (Lipinski definition) is 0. The molecule has 16 heavy (non-hydrogen) atoms. The predicted octanol–water partition coefficient (Wildman–Crippen LogP) is 4.14. The van der Waals surface area contributed by atoms with Crippen molar-refractivity contribution in [3.63, 3.8) is 0 Å². The third-order valence-corrected chi connectivity index (χ3v) is 3.54. The normalized spacial score (nSPS) is 15.4. The van der Waals surface area contributed by atoms with Gasteiger partial charge in [0.2, 0.25) is 0 Å². The Bertz CT molecular complexity index is 535. The summed E-state index contributed by atoms with van der Waals surface area (Å²) in [6.45, 7) is 0. The first kappa shape index (κ1) is 10.5. The van der Waals surface area contributed by atoms with Crippen LogP contribution in [0.4, 0.5) is 0 Å². The van der Waals surface area contributed by atoms with Gasteiger partial charge in [0.25, 0.3) is 0 Å². The number of hydrogen-bond acceptors (Lipinski definition) is 3. The van der Waals surface area contributed by atoms with Crippen LogP contribution in [-0.4, -0.2) is 9.97 Å². The van der Waals surface area contributed by atoms with E-state index >= 15 is 0 Å². The van der Waals surface area contributed by atoms with Gasteiger partial charge in [0, 0.05) is 12.0 Å². The molecule has 1 aliphatic rings. The Labute approximate surface area is 110 Å². The Hall–Kier alpha value is -0.680. The fraction of sp³-hybridized carbons (Fsp3) is 0.273. The lowest BCUT2D eigenvalue weighted by molar-refractivity contribution is 0.578. The van der Waals surface area contributed by atoms with Gasteiger partial charge in [-0.15, -0.1) is 0 Å². The Morgan fingerprint density at radius 3 is 2.69 bits per heavy atom. The van der Waals surface area contributed by atoms with Crippen LogP contribution in [0.15, 0.2) is 31.9 Å². The molecule has 0 bridgehead atoms. The van der Waals surface area contributed by atoms with Gasteiger partial charge >= 0.3 is 0 Å². The summed E-state index contributed by atoms with van der Waals surface area (Å²) in [4.78, 5) is 8.92. The molecule has 0 amide bonds. The molecule has 1 aliphatic carbocycles. The first-order chi connectivity index (χ1) is 7.74. The fourth-order valence-corrected chi connectivity index (χ4v) is 2.36. The summed E-state index contributed by atoms with van der Waals surface area (Å²) in [6, 6.07) is 3.73. The molecule has 0 aliphatic heterocycles. The molecule has 82 valence electrons. The zero-order valence-corrected chi connectivity index (χ0v) is 11.5. The van der Waals surface area contributed by atoms with Gasteiger partial charge < -0.3 is 4.42 Å². The standard InChI is InChI=1S/C11H8Br2N2O/c12-7-3-4-16-10(7)8-5-9(13)15-11(14-8)6-1-2-6/h3-6H,1-2H2. The maximum Gasteiger partial charge on any atom is 0.166 e. The molecular formula is C11H8Br2N2O. The lowest BCUT2D eigenvalue weighted by atomic mass is 10.3. The van der Waals surface area contributed by atoms with E-state index in [-0.39, 0.29) is 0 Å². The van der Waals surface area contributed by atoms with Crippen LogP contribution in [0.25, 0.3) is 11.5 Å². The number of furan rings is 1. The minimum atomic E-state index is 0.532. The van der Waals surface area contributed by atoms with E-state index in [9.17, 15) is 0 Å². The van der Waals surface area contributed by atoms with Crippen molar-refractivity contribution in [1.82, 2.24) is 9.97 Å². The average molecular weight is 344 g/mol. The van der Waals surface area contributed by atoms with Gasteiger partial charge in [-0.1, -0.05) is 0 Å². The van der Waals surface area contributed by atoms with E-state index in [1.54, 1.807) is 6.26 Å². The molecule has 0 saturated heterocycles. The number of halogens is 2. The van der Waals surface area contributed by atoms with Gasteiger partial charge in [-0.25, -0.2) is 9.97 Å². The number of nitrogens with zero attached hydrogens (tertiary/aromatic N) is 2. The van der Waals surface area contributed by atoms with Crippen molar-refractivity contribution in [2.45, 2.75) is 18.8 Å². The molecule has 0 unspecified atom stereocenters. The Morgan fingerprint density at radius 1 is 1.25 bits per heavy atom. The molecule has 0 N–H and O–H groups in total. The molecule has 2 heterocycles. The van der Waals surface area contributed by atoms with Gasteiger partial charge in [-0.3, -0.25) is 0 Å². The largest absolute Gasteiger partial charge is 0.461 e. The van der Waals surface area contributed by atoms with E-state index in [0.717, 1.165) is 26.4 Å². The zero-order chi connectivity index (χ0) is 11.1. The van der Waals surface area contributed by atoms with Gasteiger partial charge in [0.15, 0.2) is 5.76 Å². The monoisotopic (exact) mass is 342 g/mol. The summed E-state index contributed by atoms with van der Waals surface area (Å²) < 4.78 is 7.13. The third-order valence-electron chi connectivity index (χ3n) is 2.50. The fourth-order valence-electron chi connectivity index (χ4n) is 1.55. The molecule has 2 aromatic rings. The molecular weight excluding hydrogens is 336 g/mol. The first-order valence-corrected chi connectivity index (χ1v) is 6.60. The van der Waals surface area contributed by atoms with E-state index < -0.39 is 0 Å². The van der Waals surface area contributed by atoms with Gasteiger partial charge in [-0.2, -0.15) is 0 Å². The second kappa shape index (κ2) is 3.96. The summed E-state index contributed by atoms with van der Waals surface area (Å²) >= 11 is 6.85. The maximum absolute atomic E-state index is 5.40. The van der Waals surface area contributed by atoms with Crippen molar-refractivity contribution in [2.75, 3.05) is 0 Å². The highest BCUT2D eigenvalue weighted by Gasteiger charge is 2.27. The highest BCUT2D eigenvalue weighted by atomic mass is 79.9. The van der Waals surface area contributed by atoms with Gasteiger partial charge in [0.1, 0.15) is 16.1 Å². The van der Waals surface area contributed by atoms with Crippen LogP contribution in [-0.2, 0) is 0 Å². The smallest absolute Gasteiger partial charge is 0.166 e. The van der Waals surface area contributed by atoms with E-state index in [4.69, 9.17) is 4.42 Å². The van der Waals surface area contributed by atoms with Gasteiger partial charge in [0.05, 0.1) is 10.7 Å². The topological polar surface area (TPSA) is 38.9 Å². The minimum absolute atomic E-state index is 0.532. The van der Waals surface area contributed by atoms with Gasteiger partial charge in [-0.05, 0) is 50.8 Å². The molecule has 5 heteroatoms. The summed E-state index contributed by atoms with van der Waals surface area (Å²) in [7, 11) is 0. The highest BCUT2D eigenvalue weighted by molar-refractivity contribution is 9.10. The van der Waals surface area contributed by atoms with Crippen LogP contribution in [0.2, 0.25) is 0 Å². The molecule has 0 radical (unpaired) electrons. The second-order valence-corrected chi connectivity index (χ2v) is 5.47. The summed E-state index contributed by atoms with van der Waals surface area (Å²) in [5.74, 6) is 2.20.